The highest BCUT2D eigenvalue weighted by molar-refractivity contribution is 5.51. The summed E-state index contributed by atoms with van der Waals surface area (Å²) in [5, 5.41) is 19.6. The first kappa shape index (κ1) is 12.6. The second kappa shape index (κ2) is 5.65. The van der Waals surface area contributed by atoms with Crippen LogP contribution in [0.25, 0.3) is 0 Å². The molecule has 2 aromatic rings. The predicted octanol–water partition coefficient (Wildman–Crippen LogP) is 3.05. The van der Waals surface area contributed by atoms with Crippen molar-refractivity contribution >= 4 is 5.69 Å². The Morgan fingerprint density at radius 1 is 1.21 bits per heavy atom. The summed E-state index contributed by atoms with van der Waals surface area (Å²) < 4.78 is 5.43. The molecule has 0 atom stereocenters. The molecule has 0 aliphatic heterocycles. The molecule has 0 aromatic heterocycles. The Kier molecular flexibility index (Phi) is 3.74. The molecule has 0 aliphatic rings. The van der Waals surface area contributed by atoms with Gasteiger partial charge in [-0.15, -0.1) is 0 Å². The van der Waals surface area contributed by atoms with Crippen molar-refractivity contribution in [1.29, 1.82) is 5.26 Å². The SMILES string of the molecule is N#Cc1ccc(OCc2ccccc2)c([N+](=O)[O-])c1. The highest BCUT2D eigenvalue weighted by Gasteiger charge is 2.16. The van der Waals surface area contributed by atoms with Gasteiger partial charge in [0.2, 0.25) is 0 Å². The summed E-state index contributed by atoms with van der Waals surface area (Å²) in [5.74, 6) is 0.160. The van der Waals surface area contributed by atoms with Crippen LogP contribution in [0.15, 0.2) is 48.5 Å². The minimum atomic E-state index is -0.554. The second-order valence-corrected chi connectivity index (χ2v) is 3.83. The highest BCUT2D eigenvalue weighted by atomic mass is 16.6. The van der Waals surface area contributed by atoms with Crippen LogP contribution in [0.2, 0.25) is 0 Å². The molecule has 0 saturated heterocycles. The van der Waals surface area contributed by atoms with Crippen LogP contribution < -0.4 is 4.74 Å². The molecule has 2 rings (SSSR count). The maximum atomic E-state index is 10.9. The molecule has 5 heteroatoms. The predicted molar refractivity (Wildman–Crippen MR) is 68.6 cm³/mol. The largest absolute Gasteiger partial charge is 0.482 e. The summed E-state index contributed by atoms with van der Waals surface area (Å²) in [7, 11) is 0. The maximum Gasteiger partial charge on any atom is 0.312 e. The maximum absolute atomic E-state index is 10.9. The molecule has 0 spiro atoms. The third-order valence-corrected chi connectivity index (χ3v) is 2.52. The second-order valence-electron chi connectivity index (χ2n) is 3.83. The van der Waals surface area contributed by atoms with Crippen molar-refractivity contribution in [3.63, 3.8) is 0 Å². The van der Waals surface area contributed by atoms with E-state index in [4.69, 9.17) is 10.00 Å². The van der Waals surface area contributed by atoms with E-state index >= 15 is 0 Å². The molecule has 0 heterocycles. The third kappa shape index (κ3) is 3.07. The van der Waals surface area contributed by atoms with Crippen LogP contribution in [0.5, 0.6) is 5.75 Å². The van der Waals surface area contributed by atoms with E-state index in [1.807, 2.05) is 36.4 Å². The van der Waals surface area contributed by atoms with E-state index in [1.165, 1.54) is 18.2 Å². The van der Waals surface area contributed by atoms with Crippen molar-refractivity contribution in [2.24, 2.45) is 0 Å². The van der Waals surface area contributed by atoms with Crippen molar-refractivity contribution in [3.8, 4) is 11.8 Å². The monoisotopic (exact) mass is 254 g/mol. The van der Waals surface area contributed by atoms with Crippen LogP contribution in [0, 0.1) is 21.4 Å². The molecule has 19 heavy (non-hydrogen) atoms. The lowest BCUT2D eigenvalue weighted by Crippen LogP contribution is -1.99. The first-order chi connectivity index (χ1) is 9.20. The Balaban J connectivity index is 2.21. The molecule has 0 saturated carbocycles. The van der Waals surface area contributed by atoms with Crippen LogP contribution in [-0.2, 0) is 6.61 Å². The fourth-order valence-corrected chi connectivity index (χ4v) is 1.59. The summed E-state index contributed by atoms with van der Waals surface area (Å²) >= 11 is 0. The lowest BCUT2D eigenvalue weighted by molar-refractivity contribution is -0.386. The summed E-state index contributed by atoms with van der Waals surface area (Å²) in [5.41, 5.74) is 0.954. The first-order valence-electron chi connectivity index (χ1n) is 5.56. The number of hydrogen-bond acceptors (Lipinski definition) is 4. The van der Waals surface area contributed by atoms with Gasteiger partial charge in [-0.25, -0.2) is 0 Å². The van der Waals surface area contributed by atoms with Gasteiger partial charge in [0.1, 0.15) is 6.61 Å². The summed E-state index contributed by atoms with van der Waals surface area (Å²) in [4.78, 5) is 10.4. The first-order valence-corrected chi connectivity index (χ1v) is 5.56. The van der Waals surface area contributed by atoms with Gasteiger partial charge in [0.25, 0.3) is 0 Å². The van der Waals surface area contributed by atoms with E-state index in [0.29, 0.717) is 0 Å². The number of nitriles is 1. The Hall–Kier alpha value is -2.87. The van der Waals surface area contributed by atoms with E-state index in [0.717, 1.165) is 5.56 Å². The number of ether oxygens (including phenoxy) is 1. The quantitative estimate of drug-likeness (QED) is 0.620. The molecule has 0 fully saturated rings. The minimum Gasteiger partial charge on any atom is -0.482 e. The summed E-state index contributed by atoms with van der Waals surface area (Å²) in [6.07, 6.45) is 0. The molecule has 0 N–H and O–H groups in total. The van der Waals surface area contributed by atoms with Gasteiger partial charge in [0, 0.05) is 6.07 Å². The highest BCUT2D eigenvalue weighted by Crippen LogP contribution is 2.28. The van der Waals surface area contributed by atoms with Crippen LogP contribution in [0.1, 0.15) is 11.1 Å². The average molecular weight is 254 g/mol. The van der Waals surface area contributed by atoms with Crippen LogP contribution in [-0.4, -0.2) is 4.92 Å². The Labute approximate surface area is 109 Å². The lowest BCUT2D eigenvalue weighted by atomic mass is 10.2. The molecule has 0 radical (unpaired) electrons. The topological polar surface area (TPSA) is 76.2 Å². The van der Waals surface area contributed by atoms with E-state index in [2.05, 4.69) is 0 Å². The molecule has 5 nitrogen and oxygen atoms in total. The average Bonchev–Trinajstić information content (AvgIpc) is 2.46. The molecule has 94 valence electrons. The van der Waals surface area contributed by atoms with Crippen LogP contribution >= 0.6 is 0 Å². The Morgan fingerprint density at radius 3 is 2.58 bits per heavy atom. The van der Waals surface area contributed by atoms with Gasteiger partial charge >= 0.3 is 5.69 Å². The normalized spacial score (nSPS) is 9.63. The smallest absolute Gasteiger partial charge is 0.312 e. The number of nitrogens with zero attached hydrogens (tertiary/aromatic N) is 2. The standard InChI is InChI=1S/C14H10N2O3/c15-9-12-6-7-14(13(8-12)16(17)18)19-10-11-4-2-1-3-5-11/h1-8H,10H2. The number of rotatable bonds is 4. The van der Waals surface area contributed by atoms with Crippen molar-refractivity contribution < 1.29 is 9.66 Å². The fourth-order valence-electron chi connectivity index (χ4n) is 1.59. The van der Waals surface area contributed by atoms with Gasteiger partial charge in [-0.05, 0) is 17.7 Å². The molecular formula is C14H10N2O3. The van der Waals surface area contributed by atoms with E-state index in [9.17, 15) is 10.1 Å². The van der Waals surface area contributed by atoms with Crippen LogP contribution in [0.4, 0.5) is 5.69 Å². The molecule has 0 unspecified atom stereocenters. The zero-order valence-corrected chi connectivity index (χ0v) is 9.95. The van der Waals surface area contributed by atoms with E-state index < -0.39 is 4.92 Å². The van der Waals surface area contributed by atoms with Gasteiger partial charge in [-0.3, -0.25) is 10.1 Å². The Bertz CT molecular complexity index is 633. The summed E-state index contributed by atoms with van der Waals surface area (Å²) in [6.45, 7) is 0.244. The van der Waals surface area contributed by atoms with Gasteiger partial charge in [0.05, 0.1) is 16.6 Å². The van der Waals surface area contributed by atoms with Crippen molar-refractivity contribution in [2.45, 2.75) is 6.61 Å². The van der Waals surface area contributed by atoms with Gasteiger partial charge in [0.15, 0.2) is 5.75 Å². The van der Waals surface area contributed by atoms with Gasteiger partial charge < -0.3 is 4.74 Å². The van der Waals surface area contributed by atoms with E-state index in [-0.39, 0.29) is 23.6 Å². The van der Waals surface area contributed by atoms with Crippen molar-refractivity contribution in [1.82, 2.24) is 0 Å². The number of nitro benzene ring substituents is 1. The summed E-state index contributed by atoms with van der Waals surface area (Å²) in [6, 6.07) is 15.4. The molecule has 0 amide bonds. The molecule has 2 aromatic carbocycles. The zero-order chi connectivity index (χ0) is 13.7. The van der Waals surface area contributed by atoms with Crippen LogP contribution in [0.3, 0.4) is 0 Å². The van der Waals surface area contributed by atoms with Gasteiger partial charge in [-0.2, -0.15) is 5.26 Å². The van der Waals surface area contributed by atoms with Crippen molar-refractivity contribution in [3.05, 3.63) is 69.8 Å². The van der Waals surface area contributed by atoms with Gasteiger partial charge in [-0.1, -0.05) is 30.3 Å². The Morgan fingerprint density at radius 2 is 1.95 bits per heavy atom. The fraction of sp³-hybridized carbons (Fsp3) is 0.0714. The molecular weight excluding hydrogens is 244 g/mol. The molecule has 0 bridgehead atoms. The number of hydrogen-bond donors (Lipinski definition) is 0. The molecule has 0 aliphatic carbocycles. The number of benzene rings is 2. The minimum absolute atomic E-state index is 0.160. The zero-order valence-electron chi connectivity index (χ0n) is 9.95. The van der Waals surface area contributed by atoms with E-state index in [1.54, 1.807) is 0 Å². The third-order valence-electron chi connectivity index (χ3n) is 2.52. The van der Waals surface area contributed by atoms with Crippen molar-refractivity contribution in [2.75, 3.05) is 0 Å². The lowest BCUT2D eigenvalue weighted by Gasteiger charge is -2.06. The number of nitro groups is 1.